The summed E-state index contributed by atoms with van der Waals surface area (Å²) < 4.78 is 18.8. The van der Waals surface area contributed by atoms with Gasteiger partial charge in [0.1, 0.15) is 5.82 Å². The first-order valence-corrected chi connectivity index (χ1v) is 7.44. The van der Waals surface area contributed by atoms with E-state index in [4.69, 9.17) is 0 Å². The van der Waals surface area contributed by atoms with Crippen molar-refractivity contribution in [3.8, 4) is 28.2 Å². The first kappa shape index (κ1) is 14.4. The minimum absolute atomic E-state index is 0.303. The van der Waals surface area contributed by atoms with Gasteiger partial charge in [-0.15, -0.1) is 0 Å². The highest BCUT2D eigenvalue weighted by Gasteiger charge is 2.15. The van der Waals surface area contributed by atoms with Gasteiger partial charge >= 0.3 is 0 Å². The predicted octanol–water partition coefficient (Wildman–Crippen LogP) is 2.81. The van der Waals surface area contributed by atoms with Crippen LogP contribution < -0.4 is 0 Å². The Labute approximate surface area is 137 Å². The van der Waals surface area contributed by atoms with Crippen LogP contribution in [0.25, 0.3) is 28.2 Å². The van der Waals surface area contributed by atoms with Crippen LogP contribution >= 0.6 is 0 Å². The molecule has 0 aliphatic rings. The van der Waals surface area contributed by atoms with E-state index in [1.807, 2.05) is 38.6 Å². The van der Waals surface area contributed by atoms with Crippen molar-refractivity contribution in [1.82, 2.24) is 29.3 Å². The Balaban J connectivity index is 1.91. The molecule has 3 aromatic heterocycles. The zero-order chi connectivity index (χ0) is 16.7. The van der Waals surface area contributed by atoms with Crippen molar-refractivity contribution < 1.29 is 4.39 Å². The smallest absolute Gasteiger partial charge is 0.125 e. The van der Waals surface area contributed by atoms with E-state index in [9.17, 15) is 4.39 Å². The van der Waals surface area contributed by atoms with Crippen LogP contribution in [0.5, 0.6) is 0 Å². The van der Waals surface area contributed by atoms with Gasteiger partial charge in [0.15, 0.2) is 0 Å². The summed E-state index contributed by atoms with van der Waals surface area (Å²) in [6.07, 6.45) is 7.32. The molecule has 3 heterocycles. The molecule has 0 radical (unpaired) electrons. The number of nitrogens with zero attached hydrogens (tertiary/aromatic N) is 6. The third-order valence-electron chi connectivity index (χ3n) is 3.76. The monoisotopic (exact) mass is 322 g/mol. The van der Waals surface area contributed by atoms with Gasteiger partial charge < -0.3 is 0 Å². The summed E-state index contributed by atoms with van der Waals surface area (Å²) in [5.41, 5.74) is 4.07. The molecule has 0 aliphatic carbocycles. The van der Waals surface area contributed by atoms with Gasteiger partial charge in [0.2, 0.25) is 0 Å². The van der Waals surface area contributed by atoms with E-state index in [2.05, 4.69) is 15.3 Å². The summed E-state index contributed by atoms with van der Waals surface area (Å²) in [6.45, 7) is 0. The Bertz CT molecular complexity index is 1010. The Morgan fingerprint density at radius 3 is 2.25 bits per heavy atom. The summed E-state index contributed by atoms with van der Waals surface area (Å²) in [5.74, 6) is -0.303. The standard InChI is InChI=1S/C17H15FN6/c1-22-10-12(8-19-22)16-7-17(13-9-20-23(2)11-13)24(21-16)15-5-3-4-14(18)6-15/h3-11H,1-2H3. The van der Waals surface area contributed by atoms with Gasteiger partial charge in [0.25, 0.3) is 0 Å². The largest absolute Gasteiger partial charge is 0.275 e. The highest BCUT2D eigenvalue weighted by molar-refractivity contribution is 5.69. The van der Waals surface area contributed by atoms with Gasteiger partial charge in [-0.1, -0.05) is 6.07 Å². The first-order chi connectivity index (χ1) is 11.6. The predicted molar refractivity (Wildman–Crippen MR) is 87.9 cm³/mol. The van der Waals surface area contributed by atoms with Crippen molar-refractivity contribution in [3.63, 3.8) is 0 Å². The average molecular weight is 322 g/mol. The lowest BCUT2D eigenvalue weighted by atomic mass is 10.2. The van der Waals surface area contributed by atoms with Crippen LogP contribution in [0.1, 0.15) is 0 Å². The SMILES string of the molecule is Cn1cc(-c2cc(-c3cnn(C)c3)n(-c3cccc(F)c3)n2)cn1. The fourth-order valence-electron chi connectivity index (χ4n) is 2.64. The van der Waals surface area contributed by atoms with Crippen LogP contribution in [0.2, 0.25) is 0 Å². The van der Waals surface area contributed by atoms with Crippen molar-refractivity contribution in [3.05, 3.63) is 60.9 Å². The molecule has 0 amide bonds. The van der Waals surface area contributed by atoms with E-state index in [-0.39, 0.29) is 5.82 Å². The second-order valence-electron chi connectivity index (χ2n) is 5.61. The number of benzene rings is 1. The summed E-state index contributed by atoms with van der Waals surface area (Å²) in [6, 6.07) is 8.32. The Morgan fingerprint density at radius 2 is 1.62 bits per heavy atom. The molecule has 24 heavy (non-hydrogen) atoms. The molecule has 0 fully saturated rings. The van der Waals surface area contributed by atoms with Crippen LogP contribution in [0.4, 0.5) is 4.39 Å². The first-order valence-electron chi connectivity index (χ1n) is 7.44. The van der Waals surface area contributed by atoms with Gasteiger partial charge in [0.05, 0.1) is 29.5 Å². The molecule has 6 nitrogen and oxygen atoms in total. The van der Waals surface area contributed by atoms with Crippen LogP contribution in [0.3, 0.4) is 0 Å². The van der Waals surface area contributed by atoms with Gasteiger partial charge in [-0.05, 0) is 24.3 Å². The lowest BCUT2D eigenvalue weighted by molar-refractivity contribution is 0.625. The van der Waals surface area contributed by atoms with Gasteiger partial charge in [-0.25, -0.2) is 9.07 Å². The maximum absolute atomic E-state index is 13.7. The second kappa shape index (κ2) is 5.45. The van der Waals surface area contributed by atoms with Crippen molar-refractivity contribution >= 4 is 0 Å². The molecule has 0 unspecified atom stereocenters. The molecule has 0 saturated carbocycles. The topological polar surface area (TPSA) is 53.5 Å². The normalized spacial score (nSPS) is 11.1. The lowest BCUT2D eigenvalue weighted by Gasteiger charge is -2.05. The molecule has 1 aromatic carbocycles. The summed E-state index contributed by atoms with van der Waals surface area (Å²) in [5, 5.41) is 13.1. The van der Waals surface area contributed by atoms with Gasteiger partial charge in [-0.2, -0.15) is 15.3 Å². The second-order valence-corrected chi connectivity index (χ2v) is 5.61. The van der Waals surface area contributed by atoms with E-state index < -0.39 is 0 Å². The zero-order valence-corrected chi connectivity index (χ0v) is 13.3. The summed E-state index contributed by atoms with van der Waals surface area (Å²) in [7, 11) is 3.71. The zero-order valence-electron chi connectivity index (χ0n) is 13.3. The van der Waals surface area contributed by atoms with Crippen LogP contribution in [-0.2, 0) is 14.1 Å². The summed E-state index contributed by atoms with van der Waals surface area (Å²) in [4.78, 5) is 0. The molecular formula is C17H15FN6. The molecule has 0 saturated heterocycles. The molecule has 4 aromatic rings. The van der Waals surface area contributed by atoms with E-state index in [0.717, 1.165) is 22.5 Å². The minimum atomic E-state index is -0.303. The highest BCUT2D eigenvalue weighted by Crippen LogP contribution is 2.28. The minimum Gasteiger partial charge on any atom is -0.275 e. The van der Waals surface area contributed by atoms with E-state index in [1.165, 1.54) is 12.1 Å². The molecule has 0 bridgehead atoms. The molecular weight excluding hydrogens is 307 g/mol. The van der Waals surface area contributed by atoms with Crippen molar-refractivity contribution in [1.29, 1.82) is 0 Å². The number of aromatic nitrogens is 6. The Hall–Kier alpha value is -3.22. The molecule has 0 atom stereocenters. The third kappa shape index (κ3) is 2.50. The summed E-state index contributed by atoms with van der Waals surface area (Å²) >= 11 is 0. The third-order valence-corrected chi connectivity index (χ3v) is 3.76. The van der Waals surface area contributed by atoms with Crippen molar-refractivity contribution in [2.45, 2.75) is 0 Å². The Kier molecular flexibility index (Phi) is 3.26. The average Bonchev–Trinajstić information content (AvgIpc) is 3.26. The maximum Gasteiger partial charge on any atom is 0.125 e. The Morgan fingerprint density at radius 1 is 0.917 bits per heavy atom. The molecule has 4 rings (SSSR count). The van der Waals surface area contributed by atoms with E-state index in [1.54, 1.807) is 32.5 Å². The fourth-order valence-corrected chi connectivity index (χ4v) is 2.64. The number of halogens is 1. The fraction of sp³-hybridized carbons (Fsp3) is 0.118. The molecule has 120 valence electrons. The number of hydrogen-bond donors (Lipinski definition) is 0. The molecule has 0 aliphatic heterocycles. The molecule has 7 heteroatoms. The quantitative estimate of drug-likeness (QED) is 0.583. The van der Waals surface area contributed by atoms with Crippen molar-refractivity contribution in [2.75, 3.05) is 0 Å². The van der Waals surface area contributed by atoms with E-state index >= 15 is 0 Å². The van der Waals surface area contributed by atoms with Crippen LogP contribution in [-0.4, -0.2) is 29.3 Å². The van der Waals surface area contributed by atoms with E-state index in [0.29, 0.717) is 5.69 Å². The lowest BCUT2D eigenvalue weighted by Crippen LogP contribution is -1.99. The van der Waals surface area contributed by atoms with Crippen LogP contribution in [0, 0.1) is 5.82 Å². The van der Waals surface area contributed by atoms with Gasteiger partial charge in [-0.3, -0.25) is 9.36 Å². The number of aryl methyl sites for hydroxylation is 2. The molecule has 0 N–H and O–H groups in total. The number of hydrogen-bond acceptors (Lipinski definition) is 3. The highest BCUT2D eigenvalue weighted by atomic mass is 19.1. The van der Waals surface area contributed by atoms with Gasteiger partial charge in [0, 0.05) is 37.6 Å². The van der Waals surface area contributed by atoms with Crippen molar-refractivity contribution in [2.24, 2.45) is 14.1 Å². The van der Waals surface area contributed by atoms with Crippen LogP contribution in [0.15, 0.2) is 55.1 Å². The number of rotatable bonds is 3. The molecule has 0 spiro atoms. The maximum atomic E-state index is 13.7.